The summed E-state index contributed by atoms with van der Waals surface area (Å²) in [6.45, 7) is 3.67. The lowest BCUT2D eigenvalue weighted by atomic mass is 10.2. The minimum atomic E-state index is 0.635. The van der Waals surface area contributed by atoms with Gasteiger partial charge in [-0.1, -0.05) is 17.8 Å². The van der Waals surface area contributed by atoms with Crippen LogP contribution in [0.3, 0.4) is 0 Å². The summed E-state index contributed by atoms with van der Waals surface area (Å²) in [7, 11) is 0. The maximum Gasteiger partial charge on any atom is 0.146 e. The van der Waals surface area contributed by atoms with E-state index in [4.69, 9.17) is 4.52 Å². The van der Waals surface area contributed by atoms with Crippen LogP contribution in [-0.4, -0.2) is 5.16 Å². The van der Waals surface area contributed by atoms with E-state index in [-0.39, 0.29) is 0 Å². The molecular weight excluding hydrogens is 126 g/mol. The summed E-state index contributed by atoms with van der Waals surface area (Å²) in [4.78, 5) is 0. The molecule has 0 bridgehead atoms. The second-order valence-electron chi connectivity index (χ2n) is 2.62. The Bertz CT molecular complexity index is 248. The summed E-state index contributed by atoms with van der Waals surface area (Å²) in [5.74, 6) is 1.66. The van der Waals surface area contributed by atoms with Crippen molar-refractivity contribution < 1.29 is 4.52 Å². The third kappa shape index (κ3) is 0.764. The second-order valence-corrected chi connectivity index (χ2v) is 2.62. The van der Waals surface area contributed by atoms with Crippen LogP contribution < -0.4 is 0 Å². The Morgan fingerprint density at radius 2 is 2.50 bits per heavy atom. The lowest BCUT2D eigenvalue weighted by Gasteiger charge is -1.88. The summed E-state index contributed by atoms with van der Waals surface area (Å²) in [5.41, 5.74) is 1.06. The van der Waals surface area contributed by atoms with Gasteiger partial charge in [0, 0.05) is 11.5 Å². The van der Waals surface area contributed by atoms with Gasteiger partial charge in [-0.25, -0.2) is 0 Å². The molecule has 0 radical (unpaired) electrons. The van der Waals surface area contributed by atoms with E-state index in [9.17, 15) is 0 Å². The third-order valence-corrected chi connectivity index (χ3v) is 1.80. The molecule has 2 rings (SSSR count). The van der Waals surface area contributed by atoms with E-state index in [0.29, 0.717) is 5.92 Å². The van der Waals surface area contributed by atoms with Gasteiger partial charge in [-0.15, -0.1) is 0 Å². The van der Waals surface area contributed by atoms with Crippen LogP contribution in [0, 0.1) is 0 Å². The standard InChI is InChI=1S/C8H9NO/c1-2-6-5-9-10-8(6)7-3-4-7/h2,5,7H,1,3-4H2. The monoisotopic (exact) mass is 135 g/mol. The van der Waals surface area contributed by atoms with Gasteiger partial charge in [-0.2, -0.15) is 0 Å². The Morgan fingerprint density at radius 1 is 1.70 bits per heavy atom. The van der Waals surface area contributed by atoms with Crippen LogP contribution in [0.25, 0.3) is 6.08 Å². The average molecular weight is 135 g/mol. The average Bonchev–Trinajstić information content (AvgIpc) is 2.69. The van der Waals surface area contributed by atoms with Crippen molar-refractivity contribution in [1.82, 2.24) is 5.16 Å². The van der Waals surface area contributed by atoms with E-state index >= 15 is 0 Å². The van der Waals surface area contributed by atoms with Crippen molar-refractivity contribution in [3.8, 4) is 0 Å². The number of hydrogen-bond donors (Lipinski definition) is 0. The Hall–Kier alpha value is -1.05. The first-order chi connectivity index (χ1) is 4.92. The van der Waals surface area contributed by atoms with Crippen LogP contribution in [0.2, 0.25) is 0 Å². The maximum absolute atomic E-state index is 5.06. The zero-order chi connectivity index (χ0) is 6.97. The second kappa shape index (κ2) is 1.97. The van der Waals surface area contributed by atoms with Crippen molar-refractivity contribution in [3.63, 3.8) is 0 Å². The Morgan fingerprint density at radius 3 is 3.10 bits per heavy atom. The van der Waals surface area contributed by atoms with E-state index in [1.807, 2.05) is 0 Å². The summed E-state index contributed by atoms with van der Waals surface area (Å²) in [5, 5.41) is 3.71. The zero-order valence-corrected chi connectivity index (χ0v) is 5.71. The minimum absolute atomic E-state index is 0.635. The molecule has 1 aliphatic carbocycles. The maximum atomic E-state index is 5.06. The minimum Gasteiger partial charge on any atom is -0.360 e. The van der Waals surface area contributed by atoms with Crippen LogP contribution in [0.15, 0.2) is 17.3 Å². The van der Waals surface area contributed by atoms with Crippen LogP contribution in [-0.2, 0) is 0 Å². The van der Waals surface area contributed by atoms with Crippen molar-refractivity contribution in [3.05, 3.63) is 24.1 Å². The fraction of sp³-hybridized carbons (Fsp3) is 0.375. The van der Waals surface area contributed by atoms with Crippen LogP contribution in [0.4, 0.5) is 0 Å². The van der Waals surface area contributed by atoms with Gasteiger partial charge in [0.05, 0.1) is 6.20 Å². The van der Waals surface area contributed by atoms with Gasteiger partial charge >= 0.3 is 0 Å². The number of aromatic nitrogens is 1. The molecule has 1 heterocycles. The number of nitrogens with zero attached hydrogens (tertiary/aromatic N) is 1. The molecule has 0 aromatic carbocycles. The molecule has 1 fully saturated rings. The van der Waals surface area contributed by atoms with Gasteiger partial charge < -0.3 is 4.52 Å². The van der Waals surface area contributed by atoms with Gasteiger partial charge in [0.2, 0.25) is 0 Å². The molecule has 2 nitrogen and oxygen atoms in total. The molecule has 2 heteroatoms. The van der Waals surface area contributed by atoms with Gasteiger partial charge in [0.15, 0.2) is 0 Å². The van der Waals surface area contributed by atoms with Crippen molar-refractivity contribution in [2.45, 2.75) is 18.8 Å². The highest BCUT2D eigenvalue weighted by atomic mass is 16.5. The lowest BCUT2D eigenvalue weighted by molar-refractivity contribution is 0.384. The predicted molar refractivity (Wildman–Crippen MR) is 38.6 cm³/mol. The highest BCUT2D eigenvalue weighted by molar-refractivity contribution is 5.49. The van der Waals surface area contributed by atoms with E-state index in [0.717, 1.165) is 11.3 Å². The van der Waals surface area contributed by atoms with E-state index in [1.165, 1.54) is 12.8 Å². The molecule has 0 amide bonds. The van der Waals surface area contributed by atoms with Crippen molar-refractivity contribution in [2.75, 3.05) is 0 Å². The molecule has 10 heavy (non-hydrogen) atoms. The molecule has 52 valence electrons. The molecule has 1 aliphatic rings. The summed E-state index contributed by atoms with van der Waals surface area (Å²) in [6.07, 6.45) is 6.01. The van der Waals surface area contributed by atoms with Crippen LogP contribution >= 0.6 is 0 Å². The quantitative estimate of drug-likeness (QED) is 0.621. The van der Waals surface area contributed by atoms with Gasteiger partial charge in [0.25, 0.3) is 0 Å². The summed E-state index contributed by atoms with van der Waals surface area (Å²) >= 11 is 0. The van der Waals surface area contributed by atoms with E-state index < -0.39 is 0 Å². The van der Waals surface area contributed by atoms with Gasteiger partial charge in [-0.3, -0.25) is 0 Å². The highest BCUT2D eigenvalue weighted by Crippen LogP contribution is 2.41. The van der Waals surface area contributed by atoms with Crippen LogP contribution in [0.5, 0.6) is 0 Å². The molecule has 1 saturated carbocycles. The first-order valence-corrected chi connectivity index (χ1v) is 3.49. The third-order valence-electron chi connectivity index (χ3n) is 1.80. The normalized spacial score (nSPS) is 17.2. The van der Waals surface area contributed by atoms with Crippen LogP contribution in [0.1, 0.15) is 30.1 Å². The van der Waals surface area contributed by atoms with Gasteiger partial charge in [-0.05, 0) is 12.8 Å². The SMILES string of the molecule is C=Cc1cnoc1C1CC1. The van der Waals surface area contributed by atoms with Crippen molar-refractivity contribution in [1.29, 1.82) is 0 Å². The largest absolute Gasteiger partial charge is 0.360 e. The van der Waals surface area contributed by atoms with Gasteiger partial charge in [0.1, 0.15) is 5.76 Å². The van der Waals surface area contributed by atoms with E-state index in [2.05, 4.69) is 11.7 Å². The first-order valence-electron chi connectivity index (χ1n) is 3.49. The smallest absolute Gasteiger partial charge is 0.146 e. The Kier molecular flexibility index (Phi) is 1.13. The van der Waals surface area contributed by atoms with Crippen molar-refractivity contribution >= 4 is 6.08 Å². The zero-order valence-electron chi connectivity index (χ0n) is 5.71. The predicted octanol–water partition coefficient (Wildman–Crippen LogP) is 2.20. The molecule has 0 spiro atoms. The summed E-state index contributed by atoms with van der Waals surface area (Å²) in [6, 6.07) is 0. The topological polar surface area (TPSA) is 26.0 Å². The first kappa shape index (κ1) is 5.71. The molecule has 1 aromatic heterocycles. The molecule has 0 N–H and O–H groups in total. The molecule has 0 atom stereocenters. The number of rotatable bonds is 2. The molecule has 0 aliphatic heterocycles. The molecule has 0 unspecified atom stereocenters. The highest BCUT2D eigenvalue weighted by Gasteiger charge is 2.29. The number of hydrogen-bond acceptors (Lipinski definition) is 2. The lowest BCUT2D eigenvalue weighted by Crippen LogP contribution is -1.75. The molecular formula is C8H9NO. The van der Waals surface area contributed by atoms with Crippen molar-refractivity contribution in [2.24, 2.45) is 0 Å². The molecule has 1 aromatic rings. The Labute approximate surface area is 59.5 Å². The Balaban J connectivity index is 2.37. The fourth-order valence-electron chi connectivity index (χ4n) is 1.07. The fourth-order valence-corrected chi connectivity index (χ4v) is 1.07. The molecule has 0 saturated heterocycles. The van der Waals surface area contributed by atoms with E-state index in [1.54, 1.807) is 12.3 Å². The summed E-state index contributed by atoms with van der Waals surface area (Å²) < 4.78 is 5.06.